The molecule has 0 fully saturated rings. The van der Waals surface area contributed by atoms with E-state index >= 15 is 0 Å². The predicted octanol–water partition coefficient (Wildman–Crippen LogP) is 4.78. The van der Waals surface area contributed by atoms with Crippen molar-refractivity contribution in [3.05, 3.63) is 66.6 Å². The minimum atomic E-state index is -0.516. The first-order valence-corrected chi connectivity index (χ1v) is 8.97. The Hall–Kier alpha value is -3.08. The second-order valence-electron chi connectivity index (χ2n) is 7.45. The molecule has 1 amide bonds. The van der Waals surface area contributed by atoms with Gasteiger partial charge in [-0.15, -0.1) is 0 Å². The zero-order valence-corrected chi connectivity index (χ0v) is 16.2. The molecule has 5 nitrogen and oxygen atoms in total. The normalized spacial score (nSPS) is 11.3. The molecule has 1 aromatic heterocycles. The fourth-order valence-corrected chi connectivity index (χ4v) is 2.74. The van der Waals surface area contributed by atoms with Crippen LogP contribution in [-0.4, -0.2) is 21.2 Å². The Morgan fingerprint density at radius 1 is 1.00 bits per heavy atom. The quantitative estimate of drug-likeness (QED) is 0.726. The molecule has 0 aliphatic rings. The highest BCUT2D eigenvalue weighted by atomic mass is 16.6. The van der Waals surface area contributed by atoms with Gasteiger partial charge < -0.3 is 14.6 Å². The molecule has 0 atom stereocenters. The molecule has 0 saturated carbocycles. The molecule has 0 bridgehead atoms. The Labute approximate surface area is 160 Å². The minimum Gasteiger partial charge on any atom is -0.444 e. The van der Waals surface area contributed by atoms with Crippen molar-refractivity contribution in [2.24, 2.45) is 7.05 Å². The highest BCUT2D eigenvalue weighted by molar-refractivity contribution is 5.69. The summed E-state index contributed by atoms with van der Waals surface area (Å²) < 4.78 is 7.17. The molecule has 5 heteroatoms. The largest absolute Gasteiger partial charge is 0.444 e. The standard InChI is InChI=1S/C22H25N3O2/c1-22(2,3)27-21(26)23-14-20-24-19(15-25(20)4)18-12-10-17(11-13-18)16-8-6-5-7-9-16/h5-13,15H,14H2,1-4H3,(H,23,26). The van der Waals surface area contributed by atoms with Gasteiger partial charge in [-0.25, -0.2) is 9.78 Å². The number of aryl methyl sites for hydroxylation is 1. The lowest BCUT2D eigenvalue weighted by Gasteiger charge is -2.19. The van der Waals surface area contributed by atoms with Crippen LogP contribution < -0.4 is 5.32 Å². The van der Waals surface area contributed by atoms with Crippen LogP contribution >= 0.6 is 0 Å². The molecule has 2 aromatic carbocycles. The van der Waals surface area contributed by atoms with E-state index in [0.29, 0.717) is 6.54 Å². The van der Waals surface area contributed by atoms with Crippen molar-refractivity contribution in [3.63, 3.8) is 0 Å². The van der Waals surface area contributed by atoms with Gasteiger partial charge in [0.05, 0.1) is 12.2 Å². The van der Waals surface area contributed by atoms with Gasteiger partial charge in [0.25, 0.3) is 0 Å². The van der Waals surface area contributed by atoms with Crippen molar-refractivity contribution in [2.75, 3.05) is 0 Å². The van der Waals surface area contributed by atoms with E-state index in [1.54, 1.807) is 0 Å². The summed E-state index contributed by atoms with van der Waals surface area (Å²) >= 11 is 0. The average Bonchev–Trinajstić information content (AvgIpc) is 3.00. The molecule has 140 valence electrons. The number of imidazole rings is 1. The van der Waals surface area contributed by atoms with Crippen molar-refractivity contribution in [1.82, 2.24) is 14.9 Å². The second-order valence-corrected chi connectivity index (χ2v) is 7.45. The fourth-order valence-electron chi connectivity index (χ4n) is 2.74. The summed E-state index contributed by atoms with van der Waals surface area (Å²) in [7, 11) is 1.92. The smallest absolute Gasteiger partial charge is 0.408 e. The van der Waals surface area contributed by atoms with Gasteiger partial charge in [0.1, 0.15) is 11.4 Å². The molecule has 1 N–H and O–H groups in total. The molecule has 0 unspecified atom stereocenters. The number of nitrogens with one attached hydrogen (secondary N) is 1. The zero-order chi connectivity index (χ0) is 19.4. The number of ether oxygens (including phenoxy) is 1. The lowest BCUT2D eigenvalue weighted by Crippen LogP contribution is -2.32. The highest BCUT2D eigenvalue weighted by Crippen LogP contribution is 2.24. The lowest BCUT2D eigenvalue weighted by atomic mass is 10.0. The van der Waals surface area contributed by atoms with Crippen molar-refractivity contribution in [2.45, 2.75) is 32.9 Å². The molecule has 27 heavy (non-hydrogen) atoms. The third-order valence-corrected chi connectivity index (χ3v) is 4.05. The highest BCUT2D eigenvalue weighted by Gasteiger charge is 2.16. The molecule has 0 aliphatic carbocycles. The predicted molar refractivity (Wildman–Crippen MR) is 107 cm³/mol. The maximum absolute atomic E-state index is 11.8. The number of hydrogen-bond donors (Lipinski definition) is 1. The van der Waals surface area contributed by atoms with Gasteiger partial charge in [-0.2, -0.15) is 0 Å². The summed E-state index contributed by atoms with van der Waals surface area (Å²) in [5.74, 6) is 0.767. The number of carbonyl (C=O) groups excluding carboxylic acids is 1. The van der Waals surface area contributed by atoms with Crippen molar-refractivity contribution < 1.29 is 9.53 Å². The third kappa shape index (κ3) is 4.97. The van der Waals surface area contributed by atoms with Gasteiger partial charge in [-0.3, -0.25) is 0 Å². The summed E-state index contributed by atoms with van der Waals surface area (Å²) in [5.41, 5.74) is 3.75. The first-order chi connectivity index (χ1) is 12.8. The van der Waals surface area contributed by atoms with Gasteiger partial charge in [0, 0.05) is 18.8 Å². The molecule has 0 spiro atoms. The topological polar surface area (TPSA) is 56.2 Å². The van der Waals surface area contributed by atoms with E-state index in [-0.39, 0.29) is 0 Å². The summed E-state index contributed by atoms with van der Waals surface area (Å²) in [4.78, 5) is 16.5. The van der Waals surface area contributed by atoms with Gasteiger partial charge >= 0.3 is 6.09 Å². The second kappa shape index (κ2) is 7.66. The molecule has 0 saturated heterocycles. The number of benzene rings is 2. The van der Waals surface area contributed by atoms with Gasteiger partial charge in [-0.1, -0.05) is 54.6 Å². The summed E-state index contributed by atoms with van der Waals surface area (Å²) in [6.45, 7) is 5.83. The Morgan fingerprint density at radius 3 is 2.22 bits per heavy atom. The number of nitrogens with zero attached hydrogens (tertiary/aromatic N) is 2. The molecule has 3 rings (SSSR count). The monoisotopic (exact) mass is 363 g/mol. The molecular weight excluding hydrogens is 338 g/mol. The number of carbonyl (C=O) groups is 1. The molecular formula is C22H25N3O2. The van der Waals surface area contributed by atoms with Gasteiger partial charge in [0.15, 0.2) is 0 Å². The SMILES string of the molecule is Cn1cc(-c2ccc(-c3ccccc3)cc2)nc1CNC(=O)OC(C)(C)C. The summed E-state index contributed by atoms with van der Waals surface area (Å²) in [5, 5.41) is 2.75. The Bertz CT molecular complexity index is 907. The third-order valence-electron chi connectivity index (χ3n) is 4.05. The average molecular weight is 363 g/mol. The number of aromatic nitrogens is 2. The van der Waals surface area contributed by atoms with Crippen LogP contribution in [0.4, 0.5) is 4.79 Å². The molecule has 0 aliphatic heterocycles. The summed E-state index contributed by atoms with van der Waals surface area (Å²) in [6, 6.07) is 18.6. The first-order valence-electron chi connectivity index (χ1n) is 8.97. The number of rotatable bonds is 4. The molecule has 0 radical (unpaired) electrons. The van der Waals surface area contributed by atoms with E-state index in [1.807, 2.05) is 56.8 Å². The number of amides is 1. The van der Waals surface area contributed by atoms with E-state index in [9.17, 15) is 4.79 Å². The zero-order valence-electron chi connectivity index (χ0n) is 16.2. The van der Waals surface area contributed by atoms with Gasteiger partial charge in [-0.05, 0) is 31.9 Å². The van der Waals surface area contributed by atoms with Crippen LogP contribution in [0.5, 0.6) is 0 Å². The van der Waals surface area contributed by atoms with Crippen molar-refractivity contribution in [1.29, 1.82) is 0 Å². The Morgan fingerprint density at radius 2 is 1.59 bits per heavy atom. The van der Waals surface area contributed by atoms with E-state index in [4.69, 9.17) is 4.74 Å². The maximum atomic E-state index is 11.8. The summed E-state index contributed by atoms with van der Waals surface area (Å²) in [6.07, 6.45) is 1.52. The maximum Gasteiger partial charge on any atom is 0.408 e. The molecule has 3 aromatic rings. The van der Waals surface area contributed by atoms with Crippen LogP contribution in [0, 0.1) is 0 Å². The van der Waals surface area contributed by atoms with Gasteiger partial charge in [0.2, 0.25) is 0 Å². The van der Waals surface area contributed by atoms with Crippen molar-refractivity contribution >= 4 is 6.09 Å². The van der Waals surface area contributed by atoms with Crippen LogP contribution in [0.2, 0.25) is 0 Å². The van der Waals surface area contributed by atoms with E-state index in [1.165, 1.54) is 11.1 Å². The Kier molecular flexibility index (Phi) is 5.31. The lowest BCUT2D eigenvalue weighted by molar-refractivity contribution is 0.0522. The number of alkyl carbamates (subject to hydrolysis) is 1. The Balaban J connectivity index is 1.70. The van der Waals surface area contributed by atoms with Crippen LogP contribution in [-0.2, 0) is 18.3 Å². The van der Waals surface area contributed by atoms with Crippen LogP contribution in [0.15, 0.2) is 60.8 Å². The van der Waals surface area contributed by atoms with E-state index in [0.717, 1.165) is 17.1 Å². The van der Waals surface area contributed by atoms with Crippen LogP contribution in [0.1, 0.15) is 26.6 Å². The van der Waals surface area contributed by atoms with Crippen LogP contribution in [0.3, 0.4) is 0 Å². The fraction of sp³-hybridized carbons (Fsp3) is 0.273. The van der Waals surface area contributed by atoms with E-state index in [2.05, 4.69) is 46.7 Å². The molecule has 1 heterocycles. The first kappa shape index (κ1) is 18.7. The number of hydrogen-bond acceptors (Lipinski definition) is 3. The van der Waals surface area contributed by atoms with Crippen molar-refractivity contribution in [3.8, 4) is 22.4 Å². The minimum absolute atomic E-state index is 0.313. The van der Waals surface area contributed by atoms with E-state index < -0.39 is 11.7 Å². The van der Waals surface area contributed by atoms with Crippen LogP contribution in [0.25, 0.3) is 22.4 Å².